The van der Waals surface area contributed by atoms with Crippen LogP contribution in [-0.4, -0.2) is 21.0 Å². The van der Waals surface area contributed by atoms with Crippen molar-refractivity contribution in [2.24, 2.45) is 0 Å². The third-order valence-corrected chi connectivity index (χ3v) is 4.32. The fourth-order valence-electron chi connectivity index (χ4n) is 2.24. The molecule has 2 aromatic heterocycles. The summed E-state index contributed by atoms with van der Waals surface area (Å²) < 4.78 is 14.4. The average molecular weight is 370 g/mol. The molecule has 0 spiro atoms. The Morgan fingerprint density at radius 3 is 2.46 bits per heavy atom. The number of nitrogens with two attached hydrogens (primary N) is 1. The summed E-state index contributed by atoms with van der Waals surface area (Å²) in [6.07, 6.45) is 3.36. The van der Waals surface area contributed by atoms with Gasteiger partial charge in [0.05, 0.1) is 0 Å². The van der Waals surface area contributed by atoms with E-state index in [1.165, 1.54) is 17.8 Å². The first-order chi connectivity index (χ1) is 12.5. The zero-order chi connectivity index (χ0) is 18.5. The molecule has 4 N–H and O–H groups in total. The van der Waals surface area contributed by atoms with Gasteiger partial charge >= 0.3 is 0 Å². The highest BCUT2D eigenvalue weighted by Crippen LogP contribution is 2.31. The van der Waals surface area contributed by atoms with Crippen LogP contribution in [-0.2, 0) is 0 Å². The van der Waals surface area contributed by atoms with Gasteiger partial charge in [0.1, 0.15) is 17.5 Å². The van der Waals surface area contributed by atoms with Crippen LogP contribution in [0.2, 0.25) is 0 Å². The number of aromatic nitrogens is 3. The molecule has 0 aliphatic heterocycles. The molecule has 8 heteroatoms. The second-order valence-electron chi connectivity index (χ2n) is 5.85. The predicted molar refractivity (Wildman–Crippen MR) is 103 cm³/mol. The number of benzene rings is 1. The van der Waals surface area contributed by atoms with Crippen molar-refractivity contribution in [2.75, 3.05) is 16.4 Å². The summed E-state index contributed by atoms with van der Waals surface area (Å²) in [5.41, 5.74) is 6.32. The van der Waals surface area contributed by atoms with Crippen LogP contribution in [0.4, 0.5) is 27.7 Å². The number of anilines is 4. The van der Waals surface area contributed by atoms with E-state index in [-0.39, 0.29) is 17.8 Å². The molecule has 2 heterocycles. The molecule has 0 fully saturated rings. The van der Waals surface area contributed by atoms with Crippen LogP contribution in [0.5, 0.6) is 0 Å². The predicted octanol–water partition coefficient (Wildman–Crippen LogP) is 4.31. The third kappa shape index (κ3) is 4.82. The number of nitrogen functional groups attached to an aromatic ring is 1. The topological polar surface area (TPSA) is 88.8 Å². The normalized spacial score (nSPS) is 10.8. The minimum absolute atomic E-state index is 0.142. The standard InChI is InChI=1S/C18H19FN6S/c1-11(2)22-16-10-17(25-18(20)24-16)23-12-3-4-15(14(19)9-12)26-13-5-7-21-8-6-13/h3-11H,1-2H3,(H4,20,22,23,24,25). The van der Waals surface area contributed by atoms with Crippen LogP contribution < -0.4 is 16.4 Å². The maximum Gasteiger partial charge on any atom is 0.223 e. The molecule has 3 rings (SSSR count). The van der Waals surface area contributed by atoms with E-state index in [2.05, 4.69) is 25.6 Å². The van der Waals surface area contributed by atoms with Crippen molar-refractivity contribution in [1.29, 1.82) is 0 Å². The summed E-state index contributed by atoms with van der Waals surface area (Å²) in [6, 6.07) is 10.6. The molecule has 0 saturated carbocycles. The SMILES string of the molecule is CC(C)Nc1cc(Nc2ccc(Sc3ccncc3)c(F)c2)nc(N)n1. The van der Waals surface area contributed by atoms with E-state index in [0.29, 0.717) is 22.2 Å². The van der Waals surface area contributed by atoms with Gasteiger partial charge in [0, 0.05) is 40.0 Å². The van der Waals surface area contributed by atoms with Crippen LogP contribution in [0.15, 0.2) is 58.6 Å². The molecule has 0 unspecified atom stereocenters. The first-order valence-corrected chi connectivity index (χ1v) is 8.87. The summed E-state index contributed by atoms with van der Waals surface area (Å²) >= 11 is 1.34. The molecule has 3 aromatic rings. The van der Waals surface area contributed by atoms with E-state index >= 15 is 0 Å². The Morgan fingerprint density at radius 2 is 1.77 bits per heavy atom. The van der Waals surface area contributed by atoms with Gasteiger partial charge in [0.25, 0.3) is 0 Å². The fourth-order valence-corrected chi connectivity index (χ4v) is 3.05. The monoisotopic (exact) mass is 370 g/mol. The van der Waals surface area contributed by atoms with Crippen molar-refractivity contribution in [3.63, 3.8) is 0 Å². The van der Waals surface area contributed by atoms with Gasteiger partial charge in [-0.2, -0.15) is 9.97 Å². The lowest BCUT2D eigenvalue weighted by Gasteiger charge is -2.12. The second-order valence-corrected chi connectivity index (χ2v) is 6.97. The highest BCUT2D eigenvalue weighted by molar-refractivity contribution is 7.99. The van der Waals surface area contributed by atoms with Crippen molar-refractivity contribution in [1.82, 2.24) is 15.0 Å². The maximum atomic E-state index is 14.4. The Bertz CT molecular complexity index is 888. The van der Waals surface area contributed by atoms with Crippen LogP contribution in [0.1, 0.15) is 13.8 Å². The number of hydrogen-bond acceptors (Lipinski definition) is 7. The van der Waals surface area contributed by atoms with E-state index in [1.54, 1.807) is 30.6 Å². The van der Waals surface area contributed by atoms with Crippen molar-refractivity contribution in [3.05, 3.63) is 54.6 Å². The summed E-state index contributed by atoms with van der Waals surface area (Å²) in [7, 11) is 0. The van der Waals surface area contributed by atoms with E-state index in [0.717, 1.165) is 4.90 Å². The summed E-state index contributed by atoms with van der Waals surface area (Å²) in [5, 5.41) is 6.23. The quantitative estimate of drug-likeness (QED) is 0.596. The van der Waals surface area contributed by atoms with Gasteiger partial charge in [-0.25, -0.2) is 4.39 Å². The molecular formula is C18H19FN6S. The Hall–Kier alpha value is -2.87. The highest BCUT2D eigenvalue weighted by Gasteiger charge is 2.08. The number of hydrogen-bond donors (Lipinski definition) is 3. The van der Waals surface area contributed by atoms with Gasteiger partial charge in [-0.05, 0) is 44.2 Å². The Labute approximate surface area is 155 Å². The number of rotatable bonds is 6. The molecule has 1 aromatic carbocycles. The number of nitrogens with zero attached hydrogens (tertiary/aromatic N) is 3. The zero-order valence-corrected chi connectivity index (χ0v) is 15.2. The molecule has 0 amide bonds. The first-order valence-electron chi connectivity index (χ1n) is 8.05. The third-order valence-electron chi connectivity index (χ3n) is 3.26. The molecular weight excluding hydrogens is 351 g/mol. The Balaban J connectivity index is 1.76. The van der Waals surface area contributed by atoms with Crippen molar-refractivity contribution >= 4 is 35.0 Å². The minimum Gasteiger partial charge on any atom is -0.368 e. The van der Waals surface area contributed by atoms with Gasteiger partial charge < -0.3 is 16.4 Å². The first kappa shape index (κ1) is 17.9. The highest BCUT2D eigenvalue weighted by atomic mass is 32.2. The van der Waals surface area contributed by atoms with E-state index < -0.39 is 0 Å². The van der Waals surface area contributed by atoms with Gasteiger partial charge in [-0.3, -0.25) is 4.98 Å². The molecule has 0 saturated heterocycles. The fraction of sp³-hybridized carbons (Fsp3) is 0.167. The van der Waals surface area contributed by atoms with Gasteiger partial charge in [-0.15, -0.1) is 0 Å². The van der Waals surface area contributed by atoms with Crippen molar-refractivity contribution < 1.29 is 4.39 Å². The van der Waals surface area contributed by atoms with Gasteiger partial charge in [0.15, 0.2) is 0 Å². The molecule has 0 radical (unpaired) electrons. The molecule has 0 aliphatic carbocycles. The van der Waals surface area contributed by atoms with E-state index in [4.69, 9.17) is 5.73 Å². The lowest BCUT2D eigenvalue weighted by Crippen LogP contribution is -2.12. The van der Waals surface area contributed by atoms with Gasteiger partial charge in [0.2, 0.25) is 5.95 Å². The summed E-state index contributed by atoms with van der Waals surface area (Å²) in [5.74, 6) is 0.928. The summed E-state index contributed by atoms with van der Waals surface area (Å²) in [6.45, 7) is 4.00. The maximum absolute atomic E-state index is 14.4. The molecule has 0 aliphatic rings. The van der Waals surface area contributed by atoms with E-state index in [9.17, 15) is 4.39 Å². The molecule has 134 valence electrons. The number of halogens is 1. The zero-order valence-electron chi connectivity index (χ0n) is 14.4. The van der Waals surface area contributed by atoms with Crippen LogP contribution in [0, 0.1) is 5.82 Å². The molecule has 0 bridgehead atoms. The largest absolute Gasteiger partial charge is 0.368 e. The Morgan fingerprint density at radius 1 is 1.04 bits per heavy atom. The lowest BCUT2D eigenvalue weighted by molar-refractivity contribution is 0.602. The Kier molecular flexibility index (Phi) is 5.52. The van der Waals surface area contributed by atoms with Crippen LogP contribution in [0.25, 0.3) is 0 Å². The smallest absolute Gasteiger partial charge is 0.223 e. The number of pyridine rings is 1. The lowest BCUT2D eigenvalue weighted by atomic mass is 10.3. The molecule has 6 nitrogen and oxygen atoms in total. The number of nitrogens with one attached hydrogen (secondary N) is 2. The second kappa shape index (κ2) is 8.01. The molecule has 26 heavy (non-hydrogen) atoms. The summed E-state index contributed by atoms with van der Waals surface area (Å²) in [4.78, 5) is 13.7. The molecule has 0 atom stereocenters. The van der Waals surface area contributed by atoms with E-state index in [1.807, 2.05) is 26.0 Å². The van der Waals surface area contributed by atoms with Crippen LogP contribution >= 0.6 is 11.8 Å². The van der Waals surface area contributed by atoms with Gasteiger partial charge in [-0.1, -0.05) is 11.8 Å². The average Bonchev–Trinajstić information content (AvgIpc) is 2.57. The van der Waals surface area contributed by atoms with Crippen molar-refractivity contribution in [3.8, 4) is 0 Å². The van der Waals surface area contributed by atoms with Crippen molar-refractivity contribution in [2.45, 2.75) is 29.7 Å². The van der Waals surface area contributed by atoms with Crippen LogP contribution in [0.3, 0.4) is 0 Å². The minimum atomic E-state index is -0.320.